The van der Waals surface area contributed by atoms with E-state index in [1.807, 2.05) is 24.3 Å². The first-order chi connectivity index (χ1) is 31.2. The quantitative estimate of drug-likeness (QED) is 0.0900. The Hall–Kier alpha value is -6.56. The summed E-state index contributed by atoms with van der Waals surface area (Å²) >= 11 is 0. The number of rotatable bonds is 16. The molecule has 2 aliphatic rings. The van der Waals surface area contributed by atoms with Gasteiger partial charge in [0.2, 0.25) is 0 Å². The Balaban J connectivity index is 1.47. The summed E-state index contributed by atoms with van der Waals surface area (Å²) in [6.07, 6.45) is 7.68. The smallest absolute Gasteiger partial charge is 0.168 e. The zero-order chi connectivity index (χ0) is 44.5. The maximum atomic E-state index is 6.55. The van der Waals surface area contributed by atoms with E-state index in [1.165, 1.54) is 0 Å². The van der Waals surface area contributed by atoms with Gasteiger partial charge in [0.05, 0.1) is 48.3 Å². The lowest BCUT2D eigenvalue weighted by molar-refractivity contribution is 0.310. The monoisotopic (exact) mass is 858 g/mol. The summed E-state index contributed by atoms with van der Waals surface area (Å²) in [5.74, 6) is 4.85. The number of hydrogen-bond donors (Lipinski definition) is 2. The highest BCUT2D eigenvalue weighted by molar-refractivity contribution is 6.11. The fraction of sp³-hybridized carbons (Fsp3) is 0.385. The molecule has 0 unspecified atom stereocenters. The minimum Gasteiger partial charge on any atom is -0.493 e. The molecule has 0 atom stereocenters. The van der Waals surface area contributed by atoms with E-state index in [0.29, 0.717) is 89.6 Å². The van der Waals surface area contributed by atoms with Crippen molar-refractivity contribution in [3.05, 3.63) is 70.8 Å². The van der Waals surface area contributed by atoms with Gasteiger partial charge in [-0.25, -0.2) is 29.9 Å². The number of nitrogens with zero attached hydrogens (tertiary/aromatic N) is 6. The lowest BCUT2D eigenvalue weighted by atomic mass is 10.0. The molecule has 7 aromatic rings. The third-order valence-electron chi connectivity index (χ3n) is 12.1. The van der Waals surface area contributed by atoms with E-state index in [4.69, 9.17) is 48.9 Å². The third-order valence-corrected chi connectivity index (χ3v) is 12.1. The second kappa shape index (κ2) is 18.3. The lowest BCUT2D eigenvalue weighted by Crippen LogP contribution is -1.99. The summed E-state index contributed by atoms with van der Waals surface area (Å²) in [4.78, 5) is 39.6. The molecule has 2 aliphatic heterocycles. The predicted molar refractivity (Wildman–Crippen MR) is 257 cm³/mol. The summed E-state index contributed by atoms with van der Waals surface area (Å²) < 4.78 is 26.2. The highest BCUT2D eigenvalue weighted by Crippen LogP contribution is 2.46. The van der Waals surface area contributed by atoms with Crippen LogP contribution in [0.15, 0.2) is 48.5 Å². The molecule has 0 saturated carbocycles. The van der Waals surface area contributed by atoms with E-state index in [2.05, 4.69) is 89.6 Å². The maximum absolute atomic E-state index is 6.55. The number of aromatic amines is 2. The van der Waals surface area contributed by atoms with Crippen molar-refractivity contribution in [2.75, 3.05) is 26.4 Å². The number of benzene rings is 4. The van der Waals surface area contributed by atoms with E-state index in [9.17, 15) is 0 Å². The van der Waals surface area contributed by atoms with Crippen LogP contribution in [0, 0.1) is 27.7 Å². The first-order valence-corrected chi connectivity index (χ1v) is 23.1. The summed E-state index contributed by atoms with van der Waals surface area (Å²) in [5, 5.41) is 3.42. The van der Waals surface area contributed by atoms with Gasteiger partial charge in [0.15, 0.2) is 23.3 Å². The lowest BCUT2D eigenvalue weighted by Gasteiger charge is -2.12. The molecule has 8 bridgehead atoms. The Kier molecular flexibility index (Phi) is 12.2. The summed E-state index contributed by atoms with van der Waals surface area (Å²) in [6.45, 7) is 19.2. The van der Waals surface area contributed by atoms with Crippen LogP contribution < -0.4 is 18.9 Å². The molecule has 5 heterocycles. The molecule has 0 radical (unpaired) electrons. The van der Waals surface area contributed by atoms with Gasteiger partial charge in [-0.2, -0.15) is 0 Å². The van der Waals surface area contributed by atoms with Crippen LogP contribution in [0.2, 0.25) is 0 Å². The molecule has 3 aromatic heterocycles. The average molecular weight is 859 g/mol. The van der Waals surface area contributed by atoms with Crippen LogP contribution in [0.5, 0.6) is 23.0 Å². The second-order valence-electron chi connectivity index (χ2n) is 16.9. The van der Waals surface area contributed by atoms with Crippen molar-refractivity contribution in [2.24, 2.45) is 0 Å². The van der Waals surface area contributed by atoms with Gasteiger partial charge in [-0.15, -0.1) is 0 Å². The molecule has 0 saturated heterocycles. The molecular weight excluding hydrogens is 801 g/mol. The third kappa shape index (κ3) is 7.77. The van der Waals surface area contributed by atoms with Gasteiger partial charge in [0.1, 0.15) is 45.6 Å². The number of unbranched alkanes of at least 4 members (excludes halogenated alkanes) is 4. The first kappa shape index (κ1) is 42.7. The minimum absolute atomic E-state index is 0.476. The Morgan fingerprint density at radius 3 is 1.00 bits per heavy atom. The van der Waals surface area contributed by atoms with E-state index in [1.54, 1.807) is 0 Å². The van der Waals surface area contributed by atoms with E-state index in [0.717, 1.165) is 123 Å². The Morgan fingerprint density at radius 2 is 0.641 bits per heavy atom. The fourth-order valence-corrected chi connectivity index (χ4v) is 8.62. The number of aromatic nitrogens is 8. The van der Waals surface area contributed by atoms with Crippen LogP contribution >= 0.6 is 0 Å². The molecule has 0 fully saturated rings. The summed E-state index contributed by atoms with van der Waals surface area (Å²) in [7, 11) is 0. The molecule has 0 aliphatic carbocycles. The first-order valence-electron chi connectivity index (χ1n) is 23.1. The number of H-pyrrole nitrogens is 2. The van der Waals surface area contributed by atoms with E-state index in [-0.39, 0.29) is 0 Å². The molecule has 330 valence electrons. The van der Waals surface area contributed by atoms with E-state index < -0.39 is 0 Å². The normalized spacial score (nSPS) is 11.9. The Bertz CT molecular complexity index is 3080. The highest BCUT2D eigenvalue weighted by atomic mass is 16.5. The molecule has 64 heavy (non-hydrogen) atoms. The van der Waals surface area contributed by atoms with Gasteiger partial charge in [0, 0.05) is 21.9 Å². The average Bonchev–Trinajstić information content (AvgIpc) is 4.04. The zero-order valence-electron chi connectivity index (χ0n) is 38.4. The van der Waals surface area contributed by atoms with Crippen molar-refractivity contribution in [1.29, 1.82) is 0 Å². The van der Waals surface area contributed by atoms with Gasteiger partial charge in [-0.05, 0) is 99.9 Å². The predicted octanol–water partition coefficient (Wildman–Crippen LogP) is 12.8. The van der Waals surface area contributed by atoms with Crippen LogP contribution in [0.4, 0.5) is 0 Å². The highest BCUT2D eigenvalue weighted by Gasteiger charge is 2.29. The molecule has 2 N–H and O–H groups in total. The van der Waals surface area contributed by atoms with Gasteiger partial charge < -0.3 is 28.9 Å². The summed E-state index contributed by atoms with van der Waals surface area (Å²) in [5.41, 5.74) is 9.69. The van der Waals surface area contributed by atoms with Gasteiger partial charge in [-0.3, -0.25) is 0 Å². The van der Waals surface area contributed by atoms with Crippen LogP contribution in [0.25, 0.3) is 89.7 Å². The van der Waals surface area contributed by atoms with Crippen molar-refractivity contribution in [2.45, 2.75) is 107 Å². The largest absolute Gasteiger partial charge is 0.493 e. The number of aryl methyl sites for hydroxylation is 4. The number of fused-ring (bicyclic) bond motifs is 20. The molecular formula is C52H58N8O4. The van der Waals surface area contributed by atoms with Gasteiger partial charge in [0.25, 0.3) is 0 Å². The maximum Gasteiger partial charge on any atom is 0.168 e. The van der Waals surface area contributed by atoms with Crippen molar-refractivity contribution in [1.82, 2.24) is 39.9 Å². The standard InChI is InChI=1S/C52H58N8O4/c1-9-13-25-61-33-21-17-29(5)37-41(33)49-54-45(37)53-46-38-30(6)18-22-34(62-26-14-10-2)42(38)50(55-46)57-48-40-32(8)20-24-36(64-28-16-12-4)44(40)52(59-48)60-51-43-35(63-27-15-11-3)23-19-31(7)39(43)47(56-49)58-51/h17-24H,9-16,25-28H2,1-8H3,(H2,53,54,55,56,57,58,59,60). The van der Waals surface area contributed by atoms with Crippen LogP contribution in [-0.2, 0) is 0 Å². The number of ether oxygens (including phenoxy) is 4. The number of nitrogens with one attached hydrogen (secondary N) is 2. The van der Waals surface area contributed by atoms with Crippen molar-refractivity contribution in [3.63, 3.8) is 0 Å². The molecule has 4 aromatic carbocycles. The molecule has 9 rings (SSSR count). The van der Waals surface area contributed by atoms with Crippen molar-refractivity contribution >= 4 is 44.1 Å². The minimum atomic E-state index is 0.476. The molecule has 12 heteroatoms. The van der Waals surface area contributed by atoms with Crippen molar-refractivity contribution in [3.8, 4) is 68.5 Å². The zero-order valence-corrected chi connectivity index (χ0v) is 38.4. The molecule has 0 spiro atoms. The van der Waals surface area contributed by atoms with Crippen molar-refractivity contribution < 1.29 is 18.9 Å². The second-order valence-corrected chi connectivity index (χ2v) is 16.9. The number of hydrogen-bond acceptors (Lipinski definition) is 10. The van der Waals surface area contributed by atoms with Crippen LogP contribution in [0.3, 0.4) is 0 Å². The van der Waals surface area contributed by atoms with Crippen LogP contribution in [-0.4, -0.2) is 66.3 Å². The van der Waals surface area contributed by atoms with E-state index >= 15 is 0 Å². The topological polar surface area (TPSA) is 146 Å². The summed E-state index contributed by atoms with van der Waals surface area (Å²) in [6, 6.07) is 16.4. The Morgan fingerprint density at radius 1 is 0.344 bits per heavy atom. The Labute approximate surface area is 374 Å². The molecule has 0 amide bonds. The molecule has 12 nitrogen and oxygen atoms in total. The van der Waals surface area contributed by atoms with Crippen LogP contribution in [0.1, 0.15) is 101 Å². The van der Waals surface area contributed by atoms with Gasteiger partial charge in [-0.1, -0.05) is 77.6 Å². The van der Waals surface area contributed by atoms with Gasteiger partial charge >= 0.3 is 0 Å². The SMILES string of the molecule is CCCCOc1ccc(C)c2c1-c1nc-2nc2[nH]c(nc3nc(nc4[nH]c(n1)c1c(C)ccc(OCCCC)c41)-c1c(OCCCC)ccc(C)c1-3)c1c(OCCCC)ccc(C)c21. The fourth-order valence-electron chi connectivity index (χ4n) is 8.62.